The van der Waals surface area contributed by atoms with Gasteiger partial charge in [-0.05, 0) is 30.7 Å². The fraction of sp³-hybridized carbons (Fsp3) is 0.286. The van der Waals surface area contributed by atoms with Crippen molar-refractivity contribution in [3.8, 4) is 16.7 Å². The molecule has 3 rings (SSSR count). The second kappa shape index (κ2) is 5.50. The van der Waals surface area contributed by atoms with Gasteiger partial charge in [0.1, 0.15) is 11.5 Å². The van der Waals surface area contributed by atoms with Crippen LogP contribution in [0.25, 0.3) is 0 Å². The average Bonchev–Trinajstić information content (AvgIpc) is 3.06. The van der Waals surface area contributed by atoms with Crippen molar-refractivity contribution in [2.75, 3.05) is 6.61 Å². The SMILES string of the molecule is O=C(O)[C@@H]1C[C@H]1COc1ccc(Oc2nccs2)cc1. The highest BCUT2D eigenvalue weighted by atomic mass is 32.1. The molecule has 20 heavy (non-hydrogen) atoms. The van der Waals surface area contributed by atoms with Crippen LogP contribution in [0.5, 0.6) is 16.7 Å². The first-order valence-electron chi connectivity index (χ1n) is 6.25. The maximum absolute atomic E-state index is 10.7. The molecule has 1 aliphatic rings. The van der Waals surface area contributed by atoms with E-state index in [1.807, 2.05) is 5.38 Å². The Balaban J connectivity index is 1.50. The van der Waals surface area contributed by atoms with Crippen LogP contribution in [0.3, 0.4) is 0 Å². The normalized spacial score (nSPS) is 20.4. The van der Waals surface area contributed by atoms with E-state index in [1.54, 1.807) is 30.5 Å². The third-order valence-corrected chi connectivity index (χ3v) is 3.79. The zero-order chi connectivity index (χ0) is 13.9. The largest absolute Gasteiger partial charge is 0.493 e. The highest BCUT2D eigenvalue weighted by Crippen LogP contribution is 2.39. The molecule has 6 heteroatoms. The van der Waals surface area contributed by atoms with Gasteiger partial charge in [0.25, 0.3) is 5.19 Å². The molecule has 0 spiro atoms. The van der Waals surface area contributed by atoms with E-state index in [9.17, 15) is 4.79 Å². The van der Waals surface area contributed by atoms with Crippen molar-refractivity contribution in [3.05, 3.63) is 35.8 Å². The summed E-state index contributed by atoms with van der Waals surface area (Å²) in [6.45, 7) is 0.448. The summed E-state index contributed by atoms with van der Waals surface area (Å²) in [6.07, 6.45) is 2.40. The van der Waals surface area contributed by atoms with Gasteiger partial charge in [0.2, 0.25) is 0 Å². The highest BCUT2D eigenvalue weighted by molar-refractivity contribution is 7.11. The van der Waals surface area contributed by atoms with Crippen LogP contribution in [0, 0.1) is 11.8 Å². The lowest BCUT2D eigenvalue weighted by Gasteiger charge is -2.06. The van der Waals surface area contributed by atoms with Crippen LogP contribution < -0.4 is 9.47 Å². The van der Waals surface area contributed by atoms with Crippen molar-refractivity contribution in [2.24, 2.45) is 11.8 Å². The third-order valence-electron chi connectivity index (χ3n) is 3.14. The number of ether oxygens (including phenoxy) is 2. The number of hydrogen-bond donors (Lipinski definition) is 1. The summed E-state index contributed by atoms with van der Waals surface area (Å²) in [6, 6.07) is 7.22. The molecule has 2 atom stereocenters. The van der Waals surface area contributed by atoms with Crippen molar-refractivity contribution in [2.45, 2.75) is 6.42 Å². The van der Waals surface area contributed by atoms with Gasteiger partial charge in [-0.2, -0.15) is 0 Å². The summed E-state index contributed by atoms with van der Waals surface area (Å²) >= 11 is 1.43. The molecule has 5 nitrogen and oxygen atoms in total. The van der Waals surface area contributed by atoms with Gasteiger partial charge < -0.3 is 14.6 Å². The zero-order valence-electron chi connectivity index (χ0n) is 10.6. The third kappa shape index (κ3) is 3.08. The molecule has 0 amide bonds. The molecule has 0 bridgehead atoms. The van der Waals surface area contributed by atoms with Gasteiger partial charge in [-0.3, -0.25) is 4.79 Å². The van der Waals surface area contributed by atoms with Crippen molar-refractivity contribution >= 4 is 17.3 Å². The van der Waals surface area contributed by atoms with Gasteiger partial charge in [0, 0.05) is 17.5 Å². The van der Waals surface area contributed by atoms with Gasteiger partial charge >= 0.3 is 5.97 Å². The number of hydrogen-bond acceptors (Lipinski definition) is 5. The quantitative estimate of drug-likeness (QED) is 0.886. The van der Waals surface area contributed by atoms with Crippen molar-refractivity contribution in [1.29, 1.82) is 0 Å². The average molecular weight is 291 g/mol. The Hall–Kier alpha value is -2.08. The van der Waals surface area contributed by atoms with Crippen molar-refractivity contribution in [1.82, 2.24) is 4.98 Å². The number of aliphatic carboxylic acids is 1. The fourth-order valence-corrected chi connectivity index (χ4v) is 2.41. The molecule has 0 radical (unpaired) electrons. The van der Waals surface area contributed by atoms with Crippen LogP contribution in [0.2, 0.25) is 0 Å². The number of thiazole rings is 1. The Morgan fingerprint density at radius 1 is 1.35 bits per heavy atom. The Morgan fingerprint density at radius 3 is 2.70 bits per heavy atom. The number of carboxylic acid groups (broad SMARTS) is 1. The van der Waals surface area contributed by atoms with E-state index in [1.165, 1.54) is 11.3 Å². The van der Waals surface area contributed by atoms with E-state index in [-0.39, 0.29) is 11.8 Å². The van der Waals surface area contributed by atoms with Crippen LogP contribution in [-0.2, 0) is 4.79 Å². The van der Waals surface area contributed by atoms with Gasteiger partial charge in [-0.25, -0.2) is 4.98 Å². The van der Waals surface area contributed by atoms with E-state index in [2.05, 4.69) is 4.98 Å². The molecule has 0 unspecified atom stereocenters. The monoisotopic (exact) mass is 291 g/mol. The summed E-state index contributed by atoms with van der Waals surface area (Å²) < 4.78 is 11.1. The number of aromatic nitrogens is 1. The second-order valence-corrected chi connectivity index (χ2v) is 5.48. The van der Waals surface area contributed by atoms with E-state index < -0.39 is 5.97 Å². The molecular weight excluding hydrogens is 278 g/mol. The first-order valence-corrected chi connectivity index (χ1v) is 7.13. The summed E-state index contributed by atoms with van der Waals surface area (Å²) in [5.74, 6) is 0.585. The minimum atomic E-state index is -0.731. The minimum Gasteiger partial charge on any atom is -0.493 e. The smallest absolute Gasteiger partial charge is 0.306 e. The Labute approximate surface area is 119 Å². The molecule has 1 heterocycles. The first kappa shape index (κ1) is 12.9. The summed E-state index contributed by atoms with van der Waals surface area (Å²) in [5, 5.41) is 11.2. The van der Waals surface area contributed by atoms with Crippen LogP contribution in [-0.4, -0.2) is 22.7 Å². The zero-order valence-corrected chi connectivity index (χ0v) is 11.4. The molecule has 1 aliphatic carbocycles. The number of benzene rings is 1. The summed E-state index contributed by atoms with van der Waals surface area (Å²) in [5.41, 5.74) is 0. The predicted molar refractivity (Wildman–Crippen MR) is 73.4 cm³/mol. The molecule has 0 saturated heterocycles. The van der Waals surface area contributed by atoms with E-state index in [0.29, 0.717) is 29.7 Å². The van der Waals surface area contributed by atoms with Gasteiger partial charge in [0.15, 0.2) is 0 Å². The summed E-state index contributed by atoms with van der Waals surface area (Å²) in [7, 11) is 0. The van der Waals surface area contributed by atoms with Gasteiger partial charge in [-0.1, -0.05) is 11.3 Å². The standard InChI is InChI=1S/C14H13NO4S/c16-13(17)12-7-9(12)8-18-10-1-3-11(4-2-10)19-14-15-5-6-20-14/h1-6,9,12H,7-8H2,(H,16,17)/t9-,12+/m0/s1. The van der Waals surface area contributed by atoms with Crippen molar-refractivity contribution in [3.63, 3.8) is 0 Å². The number of nitrogens with zero attached hydrogens (tertiary/aromatic N) is 1. The Bertz CT molecular complexity index is 582. The van der Waals surface area contributed by atoms with E-state index >= 15 is 0 Å². The van der Waals surface area contributed by atoms with Gasteiger partial charge in [-0.15, -0.1) is 0 Å². The maximum Gasteiger partial charge on any atom is 0.306 e. The molecule has 0 aliphatic heterocycles. The molecule has 1 aromatic heterocycles. The Kier molecular flexibility index (Phi) is 3.56. The fourth-order valence-electron chi connectivity index (χ4n) is 1.90. The lowest BCUT2D eigenvalue weighted by atomic mass is 10.3. The lowest BCUT2D eigenvalue weighted by molar-refractivity contribution is -0.138. The molecule has 1 N–H and O–H groups in total. The lowest BCUT2D eigenvalue weighted by Crippen LogP contribution is -2.06. The molecule has 104 valence electrons. The number of rotatable bonds is 6. The topological polar surface area (TPSA) is 68.7 Å². The van der Waals surface area contributed by atoms with Crippen LogP contribution in [0.1, 0.15) is 6.42 Å². The van der Waals surface area contributed by atoms with Crippen LogP contribution in [0.4, 0.5) is 0 Å². The molecule has 1 fully saturated rings. The molecular formula is C14H13NO4S. The number of carbonyl (C=O) groups is 1. The molecule has 1 saturated carbocycles. The molecule has 2 aromatic rings. The van der Waals surface area contributed by atoms with Gasteiger partial charge in [0.05, 0.1) is 12.5 Å². The second-order valence-electron chi connectivity index (χ2n) is 4.62. The van der Waals surface area contributed by atoms with E-state index in [0.717, 1.165) is 0 Å². The number of carboxylic acids is 1. The predicted octanol–water partition coefficient (Wildman–Crippen LogP) is 3.03. The highest BCUT2D eigenvalue weighted by Gasteiger charge is 2.43. The van der Waals surface area contributed by atoms with E-state index in [4.69, 9.17) is 14.6 Å². The first-order chi connectivity index (χ1) is 9.72. The van der Waals surface area contributed by atoms with Crippen LogP contribution in [0.15, 0.2) is 35.8 Å². The van der Waals surface area contributed by atoms with Crippen LogP contribution >= 0.6 is 11.3 Å². The maximum atomic E-state index is 10.7. The Morgan fingerprint density at radius 2 is 2.10 bits per heavy atom. The minimum absolute atomic E-state index is 0.138. The summed E-state index contributed by atoms with van der Waals surface area (Å²) in [4.78, 5) is 14.7. The van der Waals surface area contributed by atoms with Crippen molar-refractivity contribution < 1.29 is 19.4 Å². The molecule has 1 aromatic carbocycles.